The van der Waals surface area contributed by atoms with Crippen molar-refractivity contribution in [2.45, 2.75) is 52.4 Å². The predicted molar refractivity (Wildman–Crippen MR) is 304 cm³/mol. The summed E-state index contributed by atoms with van der Waals surface area (Å²) >= 11 is 0. The van der Waals surface area contributed by atoms with Crippen LogP contribution in [0.1, 0.15) is 62.1 Å². The van der Waals surface area contributed by atoms with Crippen LogP contribution in [0.5, 0.6) is 0 Å². The Morgan fingerprint density at radius 2 is 0.901 bits per heavy atom. The van der Waals surface area contributed by atoms with Gasteiger partial charge in [0.05, 0.1) is 0 Å². The Balaban J connectivity index is 0.875. The lowest BCUT2D eigenvalue weighted by atomic mass is 9.91. The van der Waals surface area contributed by atoms with E-state index in [1.54, 1.807) is 0 Å². The first-order chi connectivity index (χ1) is 35.0. The third-order valence-electron chi connectivity index (χ3n) is 13.5. The van der Waals surface area contributed by atoms with Gasteiger partial charge in [-0.15, -0.1) is 0 Å². The van der Waals surface area contributed by atoms with E-state index in [-0.39, 0.29) is 0 Å². The van der Waals surface area contributed by atoms with E-state index in [4.69, 9.17) is 0 Å². The molecule has 0 N–H and O–H groups in total. The standard InChI is InChI=1S/C68H61N3/c1-4-15-52(16-5-2)54-27-39-63(40-28-54)69(60-17-9-6-10-18-60)65-43-31-56(32-44-65)58-35-47-67(48-36-58)71(62-21-13-8-14-22-62)68-49-37-59(38-50-68)57-33-45-66(46-34-57)70(61-19-11-7-12-20-61)64-41-29-55(30-42-64)53-25-23-51(3)24-26-53/h4,7-9,11-29,31-50,55H,5-6,10,30H2,1-3H3/b15-4-,52-16+. The van der Waals surface area contributed by atoms with Crippen molar-refractivity contribution in [1.29, 1.82) is 0 Å². The molecule has 348 valence electrons. The molecule has 2 aliphatic carbocycles. The zero-order valence-corrected chi connectivity index (χ0v) is 41.1. The summed E-state index contributed by atoms with van der Waals surface area (Å²) in [7, 11) is 0. The second kappa shape index (κ2) is 21.9. The quantitative estimate of drug-likeness (QED) is 0.0949. The maximum atomic E-state index is 2.38. The summed E-state index contributed by atoms with van der Waals surface area (Å²) in [5.41, 5.74) is 20.1. The first kappa shape index (κ1) is 46.3. The molecular formula is C68H61N3. The van der Waals surface area contributed by atoms with Gasteiger partial charge in [-0.05, 0) is 176 Å². The van der Waals surface area contributed by atoms with Crippen LogP contribution in [0, 0.1) is 6.92 Å². The number of hydrogen-bond donors (Lipinski definition) is 0. The van der Waals surface area contributed by atoms with Gasteiger partial charge in [-0.25, -0.2) is 0 Å². The van der Waals surface area contributed by atoms with Gasteiger partial charge in [-0.2, -0.15) is 0 Å². The molecule has 3 nitrogen and oxygen atoms in total. The third-order valence-corrected chi connectivity index (χ3v) is 13.5. The minimum atomic E-state index is 0.378. The molecule has 1 atom stereocenters. The molecule has 0 aliphatic heterocycles. The normalized spacial score (nSPS) is 14.5. The molecule has 0 spiro atoms. The average molecular weight is 920 g/mol. The van der Waals surface area contributed by atoms with E-state index in [1.807, 2.05) is 0 Å². The van der Waals surface area contributed by atoms with Crippen LogP contribution in [0.2, 0.25) is 0 Å². The lowest BCUT2D eigenvalue weighted by molar-refractivity contribution is 0.839. The molecule has 71 heavy (non-hydrogen) atoms. The number of para-hydroxylation sites is 2. The van der Waals surface area contributed by atoms with Gasteiger partial charge >= 0.3 is 0 Å². The number of nitrogens with zero attached hydrogens (tertiary/aromatic N) is 3. The summed E-state index contributed by atoms with van der Waals surface area (Å²) < 4.78 is 0. The van der Waals surface area contributed by atoms with Gasteiger partial charge in [0.1, 0.15) is 0 Å². The summed E-state index contributed by atoms with van der Waals surface area (Å²) in [5, 5.41) is 0. The third kappa shape index (κ3) is 10.6. The minimum absolute atomic E-state index is 0.378. The number of rotatable bonds is 15. The molecule has 8 aromatic carbocycles. The minimum Gasteiger partial charge on any atom is -0.311 e. The average Bonchev–Trinajstić information content (AvgIpc) is 3.43. The van der Waals surface area contributed by atoms with Crippen LogP contribution in [0.25, 0.3) is 27.8 Å². The van der Waals surface area contributed by atoms with Crippen molar-refractivity contribution in [2.24, 2.45) is 0 Å². The van der Waals surface area contributed by atoms with Crippen LogP contribution in [0.15, 0.2) is 272 Å². The van der Waals surface area contributed by atoms with Crippen LogP contribution >= 0.6 is 0 Å². The van der Waals surface area contributed by atoms with Crippen LogP contribution < -0.4 is 14.7 Å². The monoisotopic (exact) mass is 919 g/mol. The van der Waals surface area contributed by atoms with Crippen molar-refractivity contribution >= 4 is 45.4 Å². The molecule has 0 heterocycles. The van der Waals surface area contributed by atoms with Crippen LogP contribution in [0.3, 0.4) is 0 Å². The van der Waals surface area contributed by atoms with Gasteiger partial charge in [-0.1, -0.05) is 176 Å². The maximum Gasteiger partial charge on any atom is 0.0462 e. The molecule has 0 aromatic heterocycles. The van der Waals surface area contributed by atoms with Crippen molar-refractivity contribution < 1.29 is 0 Å². The molecule has 0 saturated carbocycles. The second-order valence-corrected chi connectivity index (χ2v) is 18.3. The van der Waals surface area contributed by atoms with Gasteiger partial charge < -0.3 is 14.7 Å². The Kier molecular flexibility index (Phi) is 14.3. The molecule has 1 unspecified atom stereocenters. The van der Waals surface area contributed by atoms with Crippen LogP contribution in [-0.4, -0.2) is 0 Å². The smallest absolute Gasteiger partial charge is 0.0462 e. The van der Waals surface area contributed by atoms with E-state index in [0.717, 1.165) is 65.5 Å². The predicted octanol–water partition coefficient (Wildman–Crippen LogP) is 19.3. The zero-order valence-electron chi connectivity index (χ0n) is 41.1. The highest BCUT2D eigenvalue weighted by molar-refractivity contribution is 5.82. The summed E-state index contributed by atoms with van der Waals surface area (Å²) in [6.45, 7) is 6.41. The fourth-order valence-electron chi connectivity index (χ4n) is 9.79. The highest BCUT2D eigenvalue weighted by atomic mass is 15.2. The maximum absolute atomic E-state index is 2.38. The molecule has 0 saturated heterocycles. The van der Waals surface area contributed by atoms with E-state index in [1.165, 1.54) is 55.9 Å². The summed E-state index contributed by atoms with van der Waals surface area (Å²) in [5.74, 6) is 0.378. The summed E-state index contributed by atoms with van der Waals surface area (Å²) in [6.07, 6.45) is 24.6. The summed E-state index contributed by atoms with van der Waals surface area (Å²) in [6, 6.07) is 75.1. The van der Waals surface area contributed by atoms with E-state index in [0.29, 0.717) is 5.92 Å². The van der Waals surface area contributed by atoms with E-state index in [9.17, 15) is 0 Å². The van der Waals surface area contributed by atoms with Crippen LogP contribution in [0.4, 0.5) is 39.8 Å². The van der Waals surface area contributed by atoms with Crippen LogP contribution in [-0.2, 0) is 0 Å². The van der Waals surface area contributed by atoms with Gasteiger partial charge in [-0.3, -0.25) is 0 Å². The first-order valence-corrected chi connectivity index (χ1v) is 25.2. The Hall–Kier alpha value is -8.40. The van der Waals surface area contributed by atoms with Crippen molar-refractivity contribution in [3.63, 3.8) is 0 Å². The fraction of sp³-hybridized carbons (Fsp3) is 0.118. The largest absolute Gasteiger partial charge is 0.311 e. The second-order valence-electron chi connectivity index (χ2n) is 18.3. The number of aryl methyl sites for hydroxylation is 1. The molecule has 0 fully saturated rings. The molecule has 3 heteroatoms. The van der Waals surface area contributed by atoms with Crippen molar-refractivity contribution in [3.05, 3.63) is 289 Å². The van der Waals surface area contributed by atoms with E-state index < -0.39 is 0 Å². The lowest BCUT2D eigenvalue weighted by Gasteiger charge is -2.29. The van der Waals surface area contributed by atoms with Gasteiger partial charge in [0, 0.05) is 57.1 Å². The molecule has 0 amide bonds. The Morgan fingerprint density at radius 3 is 1.32 bits per heavy atom. The molecular weight excluding hydrogens is 859 g/mol. The SMILES string of the molecule is C/C=C\C(=C/CC)c1ccc(N(C2=CCCC=C2)c2ccc(-c3ccc(N(c4ccccc4)c4ccc(-c5ccc(N(C6=CCC(c7ccc(C)cc7)C=C6)c6ccccc6)cc5)cc4)cc3)cc2)cc1. The van der Waals surface area contributed by atoms with Crippen molar-refractivity contribution in [1.82, 2.24) is 0 Å². The topological polar surface area (TPSA) is 9.72 Å². The molecule has 10 rings (SSSR count). The summed E-state index contributed by atoms with van der Waals surface area (Å²) in [4.78, 5) is 7.07. The van der Waals surface area contributed by atoms with E-state index in [2.05, 4.69) is 296 Å². The van der Waals surface area contributed by atoms with Gasteiger partial charge in [0.2, 0.25) is 0 Å². The molecule has 2 aliphatic rings. The fourth-order valence-corrected chi connectivity index (χ4v) is 9.79. The van der Waals surface area contributed by atoms with Crippen molar-refractivity contribution in [2.75, 3.05) is 14.7 Å². The lowest BCUT2D eigenvalue weighted by Crippen LogP contribution is -2.17. The Morgan fingerprint density at radius 1 is 0.465 bits per heavy atom. The molecule has 8 aromatic rings. The van der Waals surface area contributed by atoms with Gasteiger partial charge in [0.25, 0.3) is 0 Å². The molecule has 0 radical (unpaired) electrons. The number of allylic oxidation sites excluding steroid dienone is 10. The number of anilines is 7. The first-order valence-electron chi connectivity index (χ1n) is 25.2. The van der Waals surface area contributed by atoms with Gasteiger partial charge in [0.15, 0.2) is 0 Å². The van der Waals surface area contributed by atoms with E-state index >= 15 is 0 Å². The Bertz CT molecular complexity index is 3210. The number of hydrogen-bond acceptors (Lipinski definition) is 3. The van der Waals surface area contributed by atoms with Crippen molar-refractivity contribution in [3.8, 4) is 22.3 Å². The highest BCUT2D eigenvalue weighted by Crippen LogP contribution is 2.40. The Labute approximate surface area is 421 Å². The number of benzene rings is 8. The molecule has 0 bridgehead atoms. The highest BCUT2D eigenvalue weighted by Gasteiger charge is 2.20. The zero-order chi connectivity index (χ0) is 48.4.